The third-order valence-corrected chi connectivity index (χ3v) is 5.72. The third-order valence-electron chi connectivity index (χ3n) is 5.72. The number of carbonyl (C=O) groups excluding carboxylic acids is 2. The maximum atomic E-state index is 11.6. The molecule has 2 N–H and O–H groups in total. The van der Waals surface area contributed by atoms with Crippen molar-refractivity contribution in [3.63, 3.8) is 0 Å². The van der Waals surface area contributed by atoms with Gasteiger partial charge in [-0.25, -0.2) is 0 Å². The van der Waals surface area contributed by atoms with E-state index < -0.39 is 0 Å². The van der Waals surface area contributed by atoms with Crippen LogP contribution >= 0.6 is 0 Å². The quantitative estimate of drug-likeness (QED) is 0.810. The van der Waals surface area contributed by atoms with Crippen molar-refractivity contribution in [2.24, 2.45) is 23.7 Å². The number of rotatable bonds is 3. The van der Waals surface area contributed by atoms with Gasteiger partial charge in [0.15, 0.2) is 0 Å². The van der Waals surface area contributed by atoms with Crippen molar-refractivity contribution in [3.8, 4) is 0 Å². The Kier molecular flexibility index (Phi) is 3.06. The molecule has 0 aromatic carbocycles. The van der Waals surface area contributed by atoms with Gasteiger partial charge < -0.3 is 10.6 Å². The molecule has 0 aromatic heterocycles. The smallest absolute Gasteiger partial charge is 0.217 e. The van der Waals surface area contributed by atoms with E-state index in [0.717, 1.165) is 24.2 Å². The van der Waals surface area contributed by atoms with Gasteiger partial charge >= 0.3 is 0 Å². The Labute approximate surface area is 114 Å². The Morgan fingerprint density at radius 2 is 1.89 bits per heavy atom. The van der Waals surface area contributed by atoms with Crippen LogP contribution in [0.1, 0.15) is 46.0 Å². The molecular weight excluding hydrogens is 240 g/mol. The lowest BCUT2D eigenvalue weighted by Gasteiger charge is -2.43. The summed E-state index contributed by atoms with van der Waals surface area (Å²) < 4.78 is 0. The standard InChI is InChI=1S/C15H24N2O2/c1-9(18)16-8-15(17-10(2)19)7-11-6-14(15)13-5-3-4-12(11)13/h11-14H,3-8H2,1-2H3,(H,16,18)(H,17,19). The second-order valence-electron chi connectivity index (χ2n) is 6.81. The van der Waals surface area contributed by atoms with Crippen molar-refractivity contribution in [2.75, 3.05) is 6.54 Å². The molecule has 0 aromatic rings. The maximum Gasteiger partial charge on any atom is 0.217 e. The predicted octanol–water partition coefficient (Wildman–Crippen LogP) is 1.45. The Morgan fingerprint density at radius 1 is 1.16 bits per heavy atom. The second kappa shape index (κ2) is 4.50. The van der Waals surface area contributed by atoms with Crippen molar-refractivity contribution in [1.82, 2.24) is 10.6 Å². The highest BCUT2D eigenvalue weighted by atomic mass is 16.2. The van der Waals surface area contributed by atoms with Gasteiger partial charge in [0, 0.05) is 20.4 Å². The fraction of sp³-hybridized carbons (Fsp3) is 0.867. The topological polar surface area (TPSA) is 58.2 Å². The summed E-state index contributed by atoms with van der Waals surface area (Å²) in [6, 6.07) is 0. The molecule has 3 saturated carbocycles. The molecule has 5 atom stereocenters. The lowest BCUT2D eigenvalue weighted by molar-refractivity contribution is -0.124. The number of fused-ring (bicyclic) bond motifs is 5. The van der Waals surface area contributed by atoms with Crippen LogP contribution in [0.3, 0.4) is 0 Å². The van der Waals surface area contributed by atoms with Gasteiger partial charge in [0.25, 0.3) is 0 Å². The number of amides is 2. The molecular formula is C15H24N2O2. The van der Waals surface area contributed by atoms with Crippen molar-refractivity contribution in [2.45, 2.75) is 51.5 Å². The molecule has 0 saturated heterocycles. The van der Waals surface area contributed by atoms with Crippen molar-refractivity contribution in [3.05, 3.63) is 0 Å². The van der Waals surface area contributed by atoms with Crippen LogP contribution in [0.5, 0.6) is 0 Å². The van der Waals surface area contributed by atoms with Gasteiger partial charge in [-0.3, -0.25) is 9.59 Å². The van der Waals surface area contributed by atoms with Crippen LogP contribution in [-0.4, -0.2) is 23.9 Å². The van der Waals surface area contributed by atoms with E-state index in [0.29, 0.717) is 12.5 Å². The Hall–Kier alpha value is -1.06. The molecule has 2 bridgehead atoms. The molecule has 106 valence electrons. The van der Waals surface area contributed by atoms with Gasteiger partial charge in [0.05, 0.1) is 5.54 Å². The first-order valence-electron chi connectivity index (χ1n) is 7.55. The molecule has 0 radical (unpaired) electrons. The summed E-state index contributed by atoms with van der Waals surface area (Å²) in [6.07, 6.45) is 6.34. The van der Waals surface area contributed by atoms with Gasteiger partial charge in [-0.1, -0.05) is 6.42 Å². The van der Waals surface area contributed by atoms with E-state index in [2.05, 4.69) is 10.6 Å². The largest absolute Gasteiger partial charge is 0.354 e. The average Bonchev–Trinajstić information content (AvgIpc) is 2.95. The van der Waals surface area contributed by atoms with Gasteiger partial charge in [-0.05, 0) is 49.4 Å². The minimum atomic E-state index is -0.173. The number of hydrogen-bond acceptors (Lipinski definition) is 2. The first kappa shape index (κ1) is 12.9. The van der Waals surface area contributed by atoms with E-state index >= 15 is 0 Å². The molecule has 0 spiro atoms. The van der Waals surface area contributed by atoms with E-state index in [4.69, 9.17) is 0 Å². The minimum absolute atomic E-state index is 0.00419. The summed E-state index contributed by atoms with van der Waals surface area (Å²) in [5.74, 6) is 3.03. The van der Waals surface area contributed by atoms with E-state index in [9.17, 15) is 9.59 Å². The lowest BCUT2D eigenvalue weighted by Crippen LogP contribution is -2.60. The molecule has 19 heavy (non-hydrogen) atoms. The normalized spacial score (nSPS) is 43.1. The molecule has 5 unspecified atom stereocenters. The molecule has 3 aliphatic carbocycles. The first-order valence-corrected chi connectivity index (χ1v) is 7.55. The summed E-state index contributed by atoms with van der Waals surface area (Å²) in [4.78, 5) is 22.8. The summed E-state index contributed by atoms with van der Waals surface area (Å²) in [5.41, 5.74) is -0.173. The van der Waals surface area contributed by atoms with E-state index in [-0.39, 0.29) is 17.4 Å². The zero-order chi connectivity index (χ0) is 13.6. The Bertz CT molecular complexity index is 409. The van der Waals surface area contributed by atoms with Crippen LogP contribution in [0, 0.1) is 23.7 Å². The highest BCUT2D eigenvalue weighted by Gasteiger charge is 2.61. The molecule has 4 heteroatoms. The minimum Gasteiger partial charge on any atom is -0.354 e. The van der Waals surface area contributed by atoms with E-state index in [1.54, 1.807) is 13.8 Å². The summed E-state index contributed by atoms with van der Waals surface area (Å²) >= 11 is 0. The summed E-state index contributed by atoms with van der Waals surface area (Å²) in [6.45, 7) is 3.74. The van der Waals surface area contributed by atoms with Gasteiger partial charge in [0.2, 0.25) is 11.8 Å². The van der Waals surface area contributed by atoms with Crippen LogP contribution in [0.25, 0.3) is 0 Å². The molecule has 2 amide bonds. The number of nitrogens with one attached hydrogen (secondary N) is 2. The number of hydrogen-bond donors (Lipinski definition) is 2. The Morgan fingerprint density at radius 3 is 2.58 bits per heavy atom. The van der Waals surface area contributed by atoms with Gasteiger partial charge in [-0.15, -0.1) is 0 Å². The molecule has 0 aliphatic heterocycles. The molecule has 3 fully saturated rings. The van der Waals surface area contributed by atoms with Crippen molar-refractivity contribution in [1.29, 1.82) is 0 Å². The van der Waals surface area contributed by atoms with E-state index in [1.807, 2.05) is 0 Å². The molecule has 3 aliphatic rings. The molecule has 0 heterocycles. The molecule has 4 nitrogen and oxygen atoms in total. The fourth-order valence-electron chi connectivity index (χ4n) is 5.29. The fourth-order valence-corrected chi connectivity index (χ4v) is 5.29. The average molecular weight is 264 g/mol. The summed E-state index contributed by atoms with van der Waals surface area (Å²) in [5, 5.41) is 6.15. The maximum absolute atomic E-state index is 11.6. The lowest BCUT2D eigenvalue weighted by atomic mass is 9.70. The van der Waals surface area contributed by atoms with E-state index in [1.165, 1.54) is 25.7 Å². The molecule has 3 rings (SSSR count). The zero-order valence-electron chi connectivity index (χ0n) is 11.9. The third kappa shape index (κ3) is 2.05. The van der Waals surface area contributed by atoms with Crippen LogP contribution in [-0.2, 0) is 9.59 Å². The van der Waals surface area contributed by atoms with Crippen molar-refractivity contribution < 1.29 is 9.59 Å². The number of carbonyl (C=O) groups is 2. The Balaban J connectivity index is 1.81. The van der Waals surface area contributed by atoms with Crippen molar-refractivity contribution >= 4 is 11.8 Å². The zero-order valence-corrected chi connectivity index (χ0v) is 11.9. The first-order chi connectivity index (χ1) is 9.02. The van der Waals surface area contributed by atoms with Crippen LogP contribution in [0.2, 0.25) is 0 Å². The summed E-state index contributed by atoms with van der Waals surface area (Å²) in [7, 11) is 0. The van der Waals surface area contributed by atoms with Crippen LogP contribution < -0.4 is 10.6 Å². The predicted molar refractivity (Wildman–Crippen MR) is 72.3 cm³/mol. The monoisotopic (exact) mass is 264 g/mol. The SMILES string of the molecule is CC(=O)NCC1(NC(C)=O)CC2CC1C1CCCC21. The van der Waals surface area contributed by atoms with Crippen LogP contribution in [0.4, 0.5) is 0 Å². The highest BCUT2D eigenvalue weighted by molar-refractivity contribution is 5.75. The highest BCUT2D eigenvalue weighted by Crippen LogP contribution is 2.62. The van der Waals surface area contributed by atoms with Crippen LogP contribution in [0.15, 0.2) is 0 Å². The second-order valence-corrected chi connectivity index (χ2v) is 6.81. The van der Waals surface area contributed by atoms with Gasteiger partial charge in [0.1, 0.15) is 0 Å². The van der Waals surface area contributed by atoms with Gasteiger partial charge in [-0.2, -0.15) is 0 Å².